The number of aromatic nitrogens is 1. The van der Waals surface area contributed by atoms with Crippen LogP contribution in [0.3, 0.4) is 0 Å². The average molecular weight is 278 g/mol. The second-order valence-electron chi connectivity index (χ2n) is 4.83. The van der Waals surface area contributed by atoms with Gasteiger partial charge in [-0.05, 0) is 50.6 Å². The number of aromatic carboxylic acids is 1. The van der Waals surface area contributed by atoms with Gasteiger partial charge in [-0.25, -0.2) is 4.79 Å². The van der Waals surface area contributed by atoms with Crippen molar-refractivity contribution in [1.29, 1.82) is 0 Å². The fourth-order valence-corrected chi connectivity index (χ4v) is 2.54. The number of benzene rings is 1. The summed E-state index contributed by atoms with van der Waals surface area (Å²) in [6.07, 6.45) is 0. The Morgan fingerprint density at radius 2 is 1.95 bits per heavy atom. The third kappa shape index (κ3) is 2.51. The number of aryl methyl sites for hydroxylation is 1. The predicted molar refractivity (Wildman–Crippen MR) is 77.0 cm³/mol. The summed E-state index contributed by atoms with van der Waals surface area (Å²) in [6, 6.07) is 9.20. The summed E-state index contributed by atoms with van der Waals surface area (Å²) in [5, 5.41) is 9.93. The molecule has 1 heterocycles. The summed E-state index contributed by atoms with van der Waals surface area (Å²) >= 11 is 5.96. The maximum Gasteiger partial charge on any atom is 0.352 e. The Morgan fingerprint density at radius 1 is 1.26 bits per heavy atom. The van der Waals surface area contributed by atoms with Crippen molar-refractivity contribution in [3.05, 3.63) is 46.6 Å². The lowest BCUT2D eigenvalue weighted by Crippen LogP contribution is -2.11. The van der Waals surface area contributed by atoms with Crippen LogP contribution in [-0.4, -0.2) is 15.6 Å². The molecule has 0 atom stereocenters. The van der Waals surface area contributed by atoms with Gasteiger partial charge in [0.1, 0.15) is 5.69 Å². The number of nitrogens with zero attached hydrogens (tertiary/aromatic N) is 1. The molecule has 100 valence electrons. The highest BCUT2D eigenvalue weighted by molar-refractivity contribution is 6.30. The van der Waals surface area contributed by atoms with Gasteiger partial charge in [0, 0.05) is 22.3 Å². The van der Waals surface area contributed by atoms with E-state index in [1.54, 1.807) is 6.07 Å². The molecular formula is C15H16ClNO2. The van der Waals surface area contributed by atoms with Gasteiger partial charge in [0.05, 0.1) is 0 Å². The van der Waals surface area contributed by atoms with Crippen LogP contribution >= 0.6 is 11.6 Å². The van der Waals surface area contributed by atoms with E-state index in [1.807, 2.05) is 49.6 Å². The Hall–Kier alpha value is -1.74. The molecule has 3 nitrogen and oxygen atoms in total. The van der Waals surface area contributed by atoms with E-state index < -0.39 is 5.97 Å². The van der Waals surface area contributed by atoms with Crippen molar-refractivity contribution >= 4 is 17.6 Å². The molecule has 0 saturated heterocycles. The van der Waals surface area contributed by atoms with Gasteiger partial charge >= 0.3 is 5.97 Å². The molecule has 1 N–H and O–H groups in total. The van der Waals surface area contributed by atoms with Crippen molar-refractivity contribution in [2.45, 2.75) is 26.8 Å². The third-order valence-corrected chi connectivity index (χ3v) is 3.35. The second kappa shape index (κ2) is 5.10. The van der Waals surface area contributed by atoms with Gasteiger partial charge < -0.3 is 9.67 Å². The number of carboxylic acids is 1. The van der Waals surface area contributed by atoms with Crippen molar-refractivity contribution < 1.29 is 9.90 Å². The summed E-state index contributed by atoms with van der Waals surface area (Å²) in [5.74, 6) is -0.911. The van der Waals surface area contributed by atoms with Crippen LogP contribution < -0.4 is 0 Å². The van der Waals surface area contributed by atoms with Crippen LogP contribution in [0.4, 0.5) is 0 Å². The number of carboxylic acid groups (broad SMARTS) is 1. The van der Waals surface area contributed by atoms with Crippen LogP contribution in [0.1, 0.15) is 35.9 Å². The van der Waals surface area contributed by atoms with Crippen LogP contribution in [0, 0.1) is 6.92 Å². The fourth-order valence-electron chi connectivity index (χ4n) is 2.31. The molecule has 0 aliphatic carbocycles. The van der Waals surface area contributed by atoms with Crippen molar-refractivity contribution in [3.8, 4) is 11.3 Å². The molecule has 0 amide bonds. The van der Waals surface area contributed by atoms with Crippen molar-refractivity contribution in [2.24, 2.45) is 0 Å². The number of carbonyl (C=O) groups is 1. The van der Waals surface area contributed by atoms with Gasteiger partial charge in [-0.2, -0.15) is 0 Å². The Labute approximate surface area is 117 Å². The highest BCUT2D eigenvalue weighted by atomic mass is 35.5. The minimum atomic E-state index is -0.911. The zero-order chi connectivity index (χ0) is 14.2. The average Bonchev–Trinajstić information content (AvgIpc) is 2.73. The molecule has 19 heavy (non-hydrogen) atoms. The number of hydrogen-bond acceptors (Lipinski definition) is 1. The van der Waals surface area contributed by atoms with E-state index in [-0.39, 0.29) is 6.04 Å². The monoisotopic (exact) mass is 277 g/mol. The van der Waals surface area contributed by atoms with E-state index in [1.165, 1.54) is 0 Å². The van der Waals surface area contributed by atoms with Gasteiger partial charge in [0.25, 0.3) is 0 Å². The van der Waals surface area contributed by atoms with Gasteiger partial charge in [-0.3, -0.25) is 0 Å². The molecular weight excluding hydrogens is 262 g/mol. The Morgan fingerprint density at radius 3 is 2.47 bits per heavy atom. The smallest absolute Gasteiger partial charge is 0.352 e. The maximum absolute atomic E-state index is 11.3. The summed E-state index contributed by atoms with van der Waals surface area (Å²) in [4.78, 5) is 11.3. The molecule has 1 aromatic heterocycles. The third-order valence-electron chi connectivity index (χ3n) is 3.12. The van der Waals surface area contributed by atoms with Gasteiger partial charge in [0.2, 0.25) is 0 Å². The van der Waals surface area contributed by atoms with E-state index in [4.69, 9.17) is 11.6 Å². The molecule has 0 spiro atoms. The minimum absolute atomic E-state index is 0.0752. The lowest BCUT2D eigenvalue weighted by atomic mass is 10.1. The molecule has 4 heteroatoms. The molecule has 0 fully saturated rings. The maximum atomic E-state index is 11.3. The van der Waals surface area contributed by atoms with E-state index in [2.05, 4.69) is 0 Å². The Kier molecular flexibility index (Phi) is 3.67. The second-order valence-corrected chi connectivity index (χ2v) is 5.27. The molecule has 2 aromatic rings. The molecule has 2 rings (SSSR count). The lowest BCUT2D eigenvalue weighted by molar-refractivity contribution is 0.0683. The highest BCUT2D eigenvalue weighted by Gasteiger charge is 2.18. The standard InChI is InChI=1S/C15H16ClNO2/c1-9(2)17-13(6-7-14(17)15(18)19)12-5-4-11(16)8-10(12)3/h4-9H,1-3H3,(H,18,19). The summed E-state index contributed by atoms with van der Waals surface area (Å²) in [6.45, 7) is 5.92. The van der Waals surface area contributed by atoms with Gasteiger partial charge in [-0.15, -0.1) is 0 Å². The van der Waals surface area contributed by atoms with E-state index in [0.717, 1.165) is 16.8 Å². The van der Waals surface area contributed by atoms with E-state index in [0.29, 0.717) is 10.7 Å². The zero-order valence-electron chi connectivity index (χ0n) is 11.1. The van der Waals surface area contributed by atoms with Crippen molar-refractivity contribution in [1.82, 2.24) is 4.57 Å². The summed E-state index contributed by atoms with van der Waals surface area (Å²) < 4.78 is 1.83. The Balaban J connectivity index is 2.65. The first-order chi connectivity index (χ1) is 8.91. The lowest BCUT2D eigenvalue weighted by Gasteiger charge is -2.17. The first kappa shape index (κ1) is 13.7. The summed E-state index contributed by atoms with van der Waals surface area (Å²) in [5.41, 5.74) is 3.25. The number of halogens is 1. The van der Waals surface area contributed by atoms with Crippen LogP contribution in [0.2, 0.25) is 5.02 Å². The van der Waals surface area contributed by atoms with Crippen LogP contribution in [0.25, 0.3) is 11.3 Å². The molecule has 0 unspecified atom stereocenters. The van der Waals surface area contributed by atoms with Crippen LogP contribution in [0.5, 0.6) is 0 Å². The van der Waals surface area contributed by atoms with Crippen LogP contribution in [-0.2, 0) is 0 Å². The van der Waals surface area contributed by atoms with Gasteiger partial charge in [-0.1, -0.05) is 17.7 Å². The minimum Gasteiger partial charge on any atom is -0.477 e. The van der Waals surface area contributed by atoms with E-state index in [9.17, 15) is 9.90 Å². The molecule has 0 aliphatic heterocycles. The number of rotatable bonds is 3. The number of hydrogen-bond donors (Lipinski definition) is 1. The van der Waals surface area contributed by atoms with Gasteiger partial charge in [0.15, 0.2) is 0 Å². The molecule has 1 aromatic carbocycles. The molecule has 0 radical (unpaired) electrons. The van der Waals surface area contributed by atoms with Crippen molar-refractivity contribution in [3.63, 3.8) is 0 Å². The normalized spacial score (nSPS) is 11.0. The van der Waals surface area contributed by atoms with Crippen LogP contribution in [0.15, 0.2) is 30.3 Å². The largest absolute Gasteiger partial charge is 0.477 e. The predicted octanol–water partition coefficient (Wildman–Crippen LogP) is 4.40. The molecule has 0 aliphatic rings. The molecule has 0 saturated carbocycles. The SMILES string of the molecule is Cc1cc(Cl)ccc1-c1ccc(C(=O)O)n1C(C)C. The summed E-state index contributed by atoms with van der Waals surface area (Å²) in [7, 11) is 0. The zero-order valence-corrected chi connectivity index (χ0v) is 11.9. The first-order valence-electron chi connectivity index (χ1n) is 6.13. The van der Waals surface area contributed by atoms with E-state index >= 15 is 0 Å². The first-order valence-corrected chi connectivity index (χ1v) is 6.50. The van der Waals surface area contributed by atoms with Crippen molar-refractivity contribution in [2.75, 3.05) is 0 Å². The molecule has 0 bridgehead atoms. The topological polar surface area (TPSA) is 42.2 Å². The Bertz CT molecular complexity index is 629. The quantitative estimate of drug-likeness (QED) is 0.904. The highest BCUT2D eigenvalue weighted by Crippen LogP contribution is 2.30. The fraction of sp³-hybridized carbons (Fsp3) is 0.267.